The molecule has 2 aromatic carbocycles. The Bertz CT molecular complexity index is 2060. The average Bonchev–Trinajstić information content (AvgIpc) is 3.97. The summed E-state index contributed by atoms with van der Waals surface area (Å²) in [6.45, 7) is 10.8. The van der Waals surface area contributed by atoms with Gasteiger partial charge in [0, 0.05) is 24.2 Å². The van der Waals surface area contributed by atoms with Gasteiger partial charge in [0.2, 0.25) is 5.91 Å². The molecular weight excluding hydrogens is 683 g/mol. The van der Waals surface area contributed by atoms with Gasteiger partial charge >= 0.3 is 12.2 Å². The van der Waals surface area contributed by atoms with Gasteiger partial charge in [-0.1, -0.05) is 13.8 Å². The van der Waals surface area contributed by atoms with Crippen LogP contribution in [0, 0.1) is 5.92 Å². The zero-order chi connectivity index (χ0) is 37.9. The van der Waals surface area contributed by atoms with Crippen LogP contribution >= 0.6 is 0 Å². The molecule has 0 unspecified atom stereocenters. The molecule has 0 radical (unpaired) electrons. The molecule has 4 heterocycles. The van der Waals surface area contributed by atoms with Crippen molar-refractivity contribution in [3.63, 3.8) is 0 Å². The molecule has 0 spiro atoms. The van der Waals surface area contributed by atoms with E-state index in [1.807, 2.05) is 51.9 Å². The van der Waals surface area contributed by atoms with E-state index in [2.05, 4.69) is 39.6 Å². The zero-order valence-electron chi connectivity index (χ0n) is 32.2. The lowest BCUT2D eigenvalue weighted by Gasteiger charge is -2.30. The molecule has 0 bridgehead atoms. The molecule has 2 fully saturated rings. The standard InChI is InChI=1S/C42H51N7O5/c1-23(2)36(47-40(51)53-6)39(50)48-15-7-9-32(48)37-43-21-30(45-37)28-17-24-11-13-26-19-29(20-27-14-12-25(18-28)34(24)35(26)27)31-22-44-38(46-31)33-10-8-16-49(33)41(52)54-42(3,4)5/h17-23,32-33,36H,7-16H2,1-6H3,(H,43,45)(H,44,46)(H,47,51)/t32-,33-,36-/m0/s1. The number of nitrogens with zero attached hydrogens (tertiary/aromatic N) is 4. The summed E-state index contributed by atoms with van der Waals surface area (Å²) in [5.74, 6) is 1.38. The van der Waals surface area contributed by atoms with Gasteiger partial charge in [0.25, 0.3) is 0 Å². The first-order chi connectivity index (χ1) is 25.9. The number of benzene rings is 2. The molecule has 0 saturated carbocycles. The fourth-order valence-corrected chi connectivity index (χ4v) is 8.90. The van der Waals surface area contributed by atoms with Crippen molar-refractivity contribution in [2.45, 2.75) is 110 Å². The van der Waals surface area contributed by atoms with Crippen molar-refractivity contribution in [2.75, 3.05) is 20.2 Å². The molecule has 3 amide bonds. The first-order valence-electron chi connectivity index (χ1n) is 19.5. The van der Waals surface area contributed by atoms with Crippen LogP contribution < -0.4 is 5.32 Å². The van der Waals surface area contributed by atoms with Crippen molar-refractivity contribution in [3.05, 3.63) is 70.6 Å². The summed E-state index contributed by atoms with van der Waals surface area (Å²) in [6.07, 6.45) is 10.2. The monoisotopic (exact) mass is 733 g/mol. The van der Waals surface area contributed by atoms with Crippen LogP contribution in [0.15, 0.2) is 36.7 Å². The van der Waals surface area contributed by atoms with Crippen LogP contribution in [-0.4, -0.2) is 79.7 Å². The molecule has 284 valence electrons. The number of rotatable bonds is 7. The van der Waals surface area contributed by atoms with Crippen LogP contribution in [-0.2, 0) is 40.0 Å². The number of nitrogens with one attached hydrogen (secondary N) is 3. The Hall–Kier alpha value is -5.13. The molecule has 4 aromatic rings. The second-order valence-corrected chi connectivity index (χ2v) is 16.6. The SMILES string of the molecule is COC(=O)N[C@H](C(=O)N1CCC[C@H]1c1ncc(-c2cc3c4c(c2)CCc2cc(-c5cnc([C@@H]6CCCN6C(=O)OC(C)(C)C)[nH]5)cc(c2-4)CC3)[nH]1)C(C)C. The molecular formula is C42H51N7O5. The third kappa shape index (κ3) is 6.64. The number of aromatic amines is 2. The average molecular weight is 734 g/mol. The van der Waals surface area contributed by atoms with Gasteiger partial charge in [-0.2, -0.15) is 0 Å². The van der Waals surface area contributed by atoms with Crippen molar-refractivity contribution in [2.24, 2.45) is 5.92 Å². The Morgan fingerprint density at radius 2 is 1.24 bits per heavy atom. The van der Waals surface area contributed by atoms with E-state index in [9.17, 15) is 14.4 Å². The lowest BCUT2D eigenvalue weighted by atomic mass is 9.74. The van der Waals surface area contributed by atoms with Crippen molar-refractivity contribution >= 4 is 18.1 Å². The van der Waals surface area contributed by atoms with E-state index in [4.69, 9.17) is 19.4 Å². The second-order valence-electron chi connectivity index (χ2n) is 16.6. The Labute approximate surface area is 316 Å². The number of alkyl carbamates (subject to hydrolysis) is 1. The Balaban J connectivity index is 1.03. The Morgan fingerprint density at radius 3 is 1.69 bits per heavy atom. The number of aromatic nitrogens is 4. The molecule has 54 heavy (non-hydrogen) atoms. The molecule has 2 aromatic heterocycles. The van der Waals surface area contributed by atoms with Gasteiger partial charge in [0.15, 0.2) is 0 Å². The van der Waals surface area contributed by atoms with Crippen molar-refractivity contribution in [1.82, 2.24) is 35.1 Å². The van der Waals surface area contributed by atoms with E-state index in [1.165, 1.54) is 40.5 Å². The van der Waals surface area contributed by atoms with E-state index < -0.39 is 17.7 Å². The molecule has 8 rings (SSSR count). The number of carbonyl (C=O) groups excluding carboxylic acids is 3. The van der Waals surface area contributed by atoms with Gasteiger partial charge in [-0.15, -0.1) is 0 Å². The second kappa shape index (κ2) is 13.9. The van der Waals surface area contributed by atoms with Crippen LogP contribution in [0.1, 0.15) is 106 Å². The lowest BCUT2D eigenvalue weighted by molar-refractivity contribution is -0.135. The van der Waals surface area contributed by atoms with Gasteiger partial charge in [-0.3, -0.25) is 9.69 Å². The smallest absolute Gasteiger partial charge is 0.410 e. The molecule has 3 N–H and O–H groups in total. The lowest BCUT2D eigenvalue weighted by Crippen LogP contribution is -2.51. The van der Waals surface area contributed by atoms with Crippen LogP contribution in [0.25, 0.3) is 33.6 Å². The molecule has 12 nitrogen and oxygen atoms in total. The number of hydrogen-bond acceptors (Lipinski definition) is 7. The van der Waals surface area contributed by atoms with Crippen LogP contribution in [0.2, 0.25) is 0 Å². The van der Waals surface area contributed by atoms with Crippen LogP contribution in [0.5, 0.6) is 0 Å². The number of likely N-dealkylation sites (tertiary alicyclic amines) is 2. The van der Waals surface area contributed by atoms with E-state index in [0.717, 1.165) is 85.5 Å². The van der Waals surface area contributed by atoms with Gasteiger partial charge in [-0.25, -0.2) is 19.6 Å². The summed E-state index contributed by atoms with van der Waals surface area (Å²) in [7, 11) is 1.31. The maximum atomic E-state index is 13.7. The Kier molecular flexibility index (Phi) is 9.26. The van der Waals surface area contributed by atoms with Gasteiger partial charge in [-0.05, 0) is 136 Å². The summed E-state index contributed by atoms with van der Waals surface area (Å²) in [5.41, 5.74) is 11.8. The number of aryl methyl sites for hydroxylation is 4. The van der Waals surface area contributed by atoms with Crippen LogP contribution in [0.4, 0.5) is 9.59 Å². The van der Waals surface area contributed by atoms with Crippen molar-refractivity contribution in [3.8, 4) is 33.6 Å². The zero-order valence-corrected chi connectivity index (χ0v) is 32.2. The van der Waals surface area contributed by atoms with Gasteiger partial charge in [0.05, 0.1) is 43.0 Å². The van der Waals surface area contributed by atoms with E-state index in [0.29, 0.717) is 13.1 Å². The first kappa shape index (κ1) is 35.9. The minimum Gasteiger partial charge on any atom is -0.453 e. The van der Waals surface area contributed by atoms with E-state index in [-0.39, 0.29) is 30.0 Å². The normalized spacial score (nSPS) is 19.5. The quantitative estimate of drug-likeness (QED) is 0.179. The number of H-pyrrole nitrogens is 2. The van der Waals surface area contributed by atoms with E-state index >= 15 is 0 Å². The third-order valence-corrected chi connectivity index (χ3v) is 11.4. The predicted octanol–water partition coefficient (Wildman–Crippen LogP) is 7.45. The molecule has 2 aliphatic heterocycles. The first-order valence-corrected chi connectivity index (χ1v) is 19.5. The predicted molar refractivity (Wildman–Crippen MR) is 205 cm³/mol. The maximum Gasteiger partial charge on any atom is 0.410 e. The highest BCUT2D eigenvalue weighted by atomic mass is 16.6. The number of ether oxygens (including phenoxy) is 2. The summed E-state index contributed by atoms with van der Waals surface area (Å²) < 4.78 is 10.5. The highest BCUT2D eigenvalue weighted by Crippen LogP contribution is 2.46. The molecule has 12 heteroatoms. The Morgan fingerprint density at radius 1 is 0.778 bits per heavy atom. The number of amides is 3. The summed E-state index contributed by atoms with van der Waals surface area (Å²) in [4.78, 5) is 59.0. The topological polar surface area (TPSA) is 146 Å². The van der Waals surface area contributed by atoms with Gasteiger partial charge < -0.3 is 29.7 Å². The fraction of sp³-hybridized carbons (Fsp3) is 0.500. The largest absolute Gasteiger partial charge is 0.453 e. The van der Waals surface area contributed by atoms with Gasteiger partial charge in [0.1, 0.15) is 23.3 Å². The van der Waals surface area contributed by atoms with Crippen molar-refractivity contribution < 1.29 is 23.9 Å². The minimum atomic E-state index is -0.671. The summed E-state index contributed by atoms with van der Waals surface area (Å²) in [5, 5.41) is 2.73. The molecule has 2 saturated heterocycles. The maximum absolute atomic E-state index is 13.7. The third-order valence-electron chi connectivity index (χ3n) is 11.4. The highest BCUT2D eigenvalue weighted by molar-refractivity contribution is 5.87. The minimum absolute atomic E-state index is 0.0895. The fourth-order valence-electron chi connectivity index (χ4n) is 8.90. The number of methoxy groups -OCH3 is 1. The molecule has 2 aliphatic carbocycles. The highest BCUT2D eigenvalue weighted by Gasteiger charge is 2.38. The molecule has 4 aliphatic rings. The number of carbonyl (C=O) groups is 3. The van der Waals surface area contributed by atoms with Crippen molar-refractivity contribution in [1.29, 1.82) is 0 Å². The number of hydrogen-bond donors (Lipinski definition) is 3. The van der Waals surface area contributed by atoms with E-state index in [1.54, 1.807) is 4.90 Å². The molecule has 3 atom stereocenters. The van der Waals surface area contributed by atoms with Crippen LogP contribution in [0.3, 0.4) is 0 Å². The summed E-state index contributed by atoms with van der Waals surface area (Å²) in [6, 6.07) is 8.30. The summed E-state index contributed by atoms with van der Waals surface area (Å²) >= 11 is 0. The number of imidazole rings is 2.